The van der Waals surface area contributed by atoms with Gasteiger partial charge in [0, 0.05) is 12.6 Å². The summed E-state index contributed by atoms with van der Waals surface area (Å²) in [4.78, 5) is 14.3. The molecular formula is C15H19F2NO2. The average molecular weight is 283 g/mol. The maximum Gasteiger partial charge on any atom is 0.387 e. The maximum atomic E-state index is 12.6. The van der Waals surface area contributed by atoms with Gasteiger partial charge in [-0.2, -0.15) is 8.78 Å². The number of rotatable bonds is 6. The molecule has 1 fully saturated rings. The van der Waals surface area contributed by atoms with Gasteiger partial charge in [-0.1, -0.05) is 26.0 Å². The molecule has 3 nitrogen and oxygen atoms in total. The molecule has 1 aromatic rings. The van der Waals surface area contributed by atoms with Crippen LogP contribution in [-0.4, -0.2) is 30.0 Å². The van der Waals surface area contributed by atoms with Crippen molar-refractivity contribution >= 4 is 5.91 Å². The number of amides is 1. The van der Waals surface area contributed by atoms with E-state index in [-0.39, 0.29) is 23.3 Å². The van der Waals surface area contributed by atoms with Crippen molar-refractivity contribution in [2.24, 2.45) is 5.92 Å². The van der Waals surface area contributed by atoms with Gasteiger partial charge < -0.3 is 9.64 Å². The highest BCUT2D eigenvalue weighted by Crippen LogP contribution is 2.31. The molecular weight excluding hydrogens is 264 g/mol. The fraction of sp³-hybridized carbons (Fsp3) is 0.533. The Morgan fingerprint density at radius 3 is 2.55 bits per heavy atom. The number of alkyl halides is 2. The second-order valence-corrected chi connectivity index (χ2v) is 5.46. The fourth-order valence-corrected chi connectivity index (χ4v) is 2.17. The third kappa shape index (κ3) is 3.68. The van der Waals surface area contributed by atoms with Crippen LogP contribution in [0, 0.1) is 5.92 Å². The second kappa shape index (κ2) is 6.20. The van der Waals surface area contributed by atoms with Crippen molar-refractivity contribution in [2.75, 3.05) is 6.54 Å². The van der Waals surface area contributed by atoms with Crippen molar-refractivity contribution in [3.05, 3.63) is 29.8 Å². The monoisotopic (exact) mass is 283 g/mol. The standard InChI is InChI=1S/C15H19F2NO2/c1-10(2)9-18(11-7-8-11)14(19)12-5-3-4-6-13(12)20-15(16)17/h3-6,10-11,15H,7-9H2,1-2H3. The van der Waals surface area contributed by atoms with Crippen LogP contribution in [0.4, 0.5) is 8.78 Å². The maximum absolute atomic E-state index is 12.6. The van der Waals surface area contributed by atoms with Crippen molar-refractivity contribution in [3.63, 3.8) is 0 Å². The molecule has 1 aliphatic carbocycles. The van der Waals surface area contributed by atoms with Crippen LogP contribution < -0.4 is 4.74 Å². The molecule has 0 unspecified atom stereocenters. The zero-order valence-electron chi connectivity index (χ0n) is 11.7. The molecule has 110 valence electrons. The number of nitrogens with zero attached hydrogens (tertiary/aromatic N) is 1. The Hall–Kier alpha value is -1.65. The summed E-state index contributed by atoms with van der Waals surface area (Å²) in [5.41, 5.74) is 0.209. The van der Waals surface area contributed by atoms with Crippen LogP contribution in [0.1, 0.15) is 37.0 Å². The summed E-state index contributed by atoms with van der Waals surface area (Å²) in [6.45, 7) is 1.77. The SMILES string of the molecule is CC(C)CN(C(=O)c1ccccc1OC(F)F)C1CC1. The zero-order chi connectivity index (χ0) is 14.7. The molecule has 0 aliphatic heterocycles. The first-order valence-electron chi connectivity index (χ1n) is 6.84. The molecule has 1 amide bonds. The summed E-state index contributed by atoms with van der Waals surface area (Å²) in [6, 6.07) is 6.42. The third-order valence-corrected chi connectivity index (χ3v) is 3.14. The number of benzene rings is 1. The minimum absolute atomic E-state index is 0.0538. The Balaban J connectivity index is 2.22. The highest BCUT2D eigenvalue weighted by atomic mass is 19.3. The third-order valence-electron chi connectivity index (χ3n) is 3.14. The van der Waals surface area contributed by atoms with E-state index in [1.165, 1.54) is 12.1 Å². The second-order valence-electron chi connectivity index (χ2n) is 5.46. The molecule has 0 saturated heterocycles. The lowest BCUT2D eigenvalue weighted by atomic mass is 10.1. The molecule has 1 saturated carbocycles. The van der Waals surface area contributed by atoms with Crippen molar-refractivity contribution in [1.29, 1.82) is 0 Å². The van der Waals surface area contributed by atoms with Gasteiger partial charge in [-0.25, -0.2) is 0 Å². The smallest absolute Gasteiger partial charge is 0.387 e. The first kappa shape index (κ1) is 14.8. The first-order chi connectivity index (χ1) is 9.49. The van der Waals surface area contributed by atoms with Crippen LogP contribution in [0.25, 0.3) is 0 Å². The van der Waals surface area contributed by atoms with E-state index in [1.807, 2.05) is 13.8 Å². The topological polar surface area (TPSA) is 29.5 Å². The van der Waals surface area contributed by atoms with Crippen molar-refractivity contribution < 1.29 is 18.3 Å². The lowest BCUT2D eigenvalue weighted by Crippen LogP contribution is -2.36. The van der Waals surface area contributed by atoms with E-state index in [4.69, 9.17) is 0 Å². The van der Waals surface area contributed by atoms with Gasteiger partial charge in [-0.05, 0) is 30.9 Å². The van der Waals surface area contributed by atoms with E-state index in [0.29, 0.717) is 12.5 Å². The summed E-state index contributed by atoms with van der Waals surface area (Å²) < 4.78 is 29.2. The van der Waals surface area contributed by atoms with E-state index < -0.39 is 6.61 Å². The number of halogens is 2. The lowest BCUT2D eigenvalue weighted by molar-refractivity contribution is -0.0503. The molecule has 0 atom stereocenters. The van der Waals surface area contributed by atoms with Crippen LogP contribution in [0.15, 0.2) is 24.3 Å². The number of carbonyl (C=O) groups excluding carboxylic acids is 1. The Bertz CT molecular complexity index is 473. The van der Waals surface area contributed by atoms with Gasteiger partial charge in [0.05, 0.1) is 5.56 Å². The lowest BCUT2D eigenvalue weighted by Gasteiger charge is -2.25. The number of carbonyl (C=O) groups is 1. The van der Waals surface area contributed by atoms with Crippen molar-refractivity contribution in [3.8, 4) is 5.75 Å². The number of hydrogen-bond acceptors (Lipinski definition) is 2. The number of para-hydroxylation sites is 1. The molecule has 0 spiro atoms. The minimum atomic E-state index is -2.93. The Morgan fingerprint density at radius 1 is 1.35 bits per heavy atom. The predicted molar refractivity (Wildman–Crippen MR) is 72.0 cm³/mol. The first-order valence-corrected chi connectivity index (χ1v) is 6.84. The molecule has 5 heteroatoms. The number of hydrogen-bond donors (Lipinski definition) is 0. The molecule has 1 aromatic carbocycles. The van der Waals surface area contributed by atoms with Crippen LogP contribution in [0.5, 0.6) is 5.75 Å². The fourth-order valence-electron chi connectivity index (χ4n) is 2.17. The molecule has 20 heavy (non-hydrogen) atoms. The summed E-state index contributed by atoms with van der Waals surface area (Å²) >= 11 is 0. The molecule has 0 N–H and O–H groups in total. The van der Waals surface area contributed by atoms with E-state index >= 15 is 0 Å². The van der Waals surface area contributed by atoms with Gasteiger partial charge >= 0.3 is 6.61 Å². The molecule has 0 bridgehead atoms. The summed E-state index contributed by atoms with van der Waals surface area (Å²) in [5, 5.41) is 0. The van der Waals surface area contributed by atoms with E-state index in [0.717, 1.165) is 12.8 Å². The zero-order valence-corrected chi connectivity index (χ0v) is 11.7. The van der Waals surface area contributed by atoms with E-state index in [1.54, 1.807) is 17.0 Å². The summed E-state index contributed by atoms with van der Waals surface area (Å²) in [6.07, 6.45) is 1.96. The van der Waals surface area contributed by atoms with E-state index in [9.17, 15) is 13.6 Å². The highest BCUT2D eigenvalue weighted by Gasteiger charge is 2.34. The van der Waals surface area contributed by atoms with E-state index in [2.05, 4.69) is 4.74 Å². The largest absolute Gasteiger partial charge is 0.434 e. The van der Waals surface area contributed by atoms with Crippen LogP contribution >= 0.6 is 0 Å². The quantitative estimate of drug-likeness (QED) is 0.799. The molecule has 0 radical (unpaired) electrons. The van der Waals surface area contributed by atoms with Crippen molar-refractivity contribution in [2.45, 2.75) is 39.3 Å². The summed E-state index contributed by atoms with van der Waals surface area (Å²) in [7, 11) is 0. The molecule has 1 aliphatic rings. The van der Waals surface area contributed by atoms with Crippen molar-refractivity contribution in [1.82, 2.24) is 4.90 Å². The van der Waals surface area contributed by atoms with Crippen LogP contribution in [0.3, 0.4) is 0 Å². The Morgan fingerprint density at radius 2 is 2.00 bits per heavy atom. The Labute approximate surface area is 117 Å². The van der Waals surface area contributed by atoms with Gasteiger partial charge in [-0.15, -0.1) is 0 Å². The molecule has 2 rings (SSSR count). The van der Waals surface area contributed by atoms with Gasteiger partial charge in [0.1, 0.15) is 5.75 Å². The highest BCUT2D eigenvalue weighted by molar-refractivity contribution is 5.97. The average Bonchev–Trinajstić information content (AvgIpc) is 3.19. The molecule has 0 heterocycles. The minimum Gasteiger partial charge on any atom is -0.434 e. The van der Waals surface area contributed by atoms with Crippen LogP contribution in [-0.2, 0) is 0 Å². The molecule has 0 aromatic heterocycles. The predicted octanol–water partition coefficient (Wildman–Crippen LogP) is 3.55. The normalized spacial score (nSPS) is 14.7. The Kier molecular flexibility index (Phi) is 4.57. The van der Waals surface area contributed by atoms with Gasteiger partial charge in [0.25, 0.3) is 5.91 Å². The van der Waals surface area contributed by atoms with Gasteiger partial charge in [-0.3, -0.25) is 4.79 Å². The van der Waals surface area contributed by atoms with Crippen LogP contribution in [0.2, 0.25) is 0 Å². The van der Waals surface area contributed by atoms with Gasteiger partial charge in [0.15, 0.2) is 0 Å². The summed E-state index contributed by atoms with van der Waals surface area (Å²) in [5.74, 6) is 0.0575. The van der Waals surface area contributed by atoms with Gasteiger partial charge in [0.2, 0.25) is 0 Å². The number of ether oxygens (including phenoxy) is 1.